The van der Waals surface area contributed by atoms with E-state index >= 15 is 0 Å². The summed E-state index contributed by atoms with van der Waals surface area (Å²) in [5, 5.41) is 14.9. The molecule has 0 saturated heterocycles. The maximum absolute atomic E-state index is 12.0. The lowest BCUT2D eigenvalue weighted by Crippen LogP contribution is -2.35. The number of rotatable bonds is 3. The topological polar surface area (TPSA) is 84.6 Å². The smallest absolute Gasteiger partial charge is 0.267 e. The summed E-state index contributed by atoms with van der Waals surface area (Å²) in [6, 6.07) is 4.30. The van der Waals surface area contributed by atoms with Crippen LogP contribution in [0, 0.1) is 28.9 Å². The predicted octanol–water partition coefficient (Wildman–Crippen LogP) is 2.59. The van der Waals surface area contributed by atoms with Crippen molar-refractivity contribution in [2.75, 3.05) is 0 Å². The summed E-state index contributed by atoms with van der Waals surface area (Å²) in [6.07, 6.45) is 6.25. The molecular weight excluding hydrogens is 270 g/mol. The number of nitrogens with one attached hydrogen (secondary N) is 1. The molecule has 2 aliphatic carbocycles. The van der Waals surface area contributed by atoms with Crippen LogP contribution in [-0.4, -0.2) is 16.5 Å². The van der Waals surface area contributed by atoms with Crippen molar-refractivity contribution in [3.63, 3.8) is 0 Å². The van der Waals surface area contributed by atoms with Crippen LogP contribution in [0.3, 0.4) is 0 Å². The van der Waals surface area contributed by atoms with Crippen LogP contribution in [-0.2, 0) is 0 Å². The molecule has 0 aromatic heterocycles. The Bertz CT molecular complexity index is 679. The largest absolute Gasteiger partial charge is 0.272 e. The number of nitro groups is 1. The first kappa shape index (κ1) is 13.5. The third kappa shape index (κ3) is 2.44. The van der Waals surface area contributed by atoms with Crippen LogP contribution in [0.25, 0.3) is 0 Å². The monoisotopic (exact) mass is 285 g/mol. The highest BCUT2D eigenvalue weighted by Gasteiger charge is 2.38. The van der Waals surface area contributed by atoms with E-state index in [0.29, 0.717) is 23.0 Å². The fraction of sp³-hybridized carbons (Fsp3) is 0.333. The van der Waals surface area contributed by atoms with Crippen LogP contribution < -0.4 is 5.43 Å². The van der Waals surface area contributed by atoms with Crippen LogP contribution in [0.1, 0.15) is 28.8 Å². The van der Waals surface area contributed by atoms with Crippen LogP contribution in [0.4, 0.5) is 5.69 Å². The zero-order valence-electron chi connectivity index (χ0n) is 11.6. The molecule has 1 saturated carbocycles. The molecule has 6 nitrogen and oxygen atoms in total. The van der Waals surface area contributed by atoms with Crippen LogP contribution >= 0.6 is 0 Å². The van der Waals surface area contributed by atoms with Gasteiger partial charge in [-0.1, -0.05) is 12.2 Å². The van der Waals surface area contributed by atoms with Gasteiger partial charge in [0, 0.05) is 28.8 Å². The maximum Gasteiger partial charge on any atom is 0.272 e. The zero-order valence-corrected chi connectivity index (χ0v) is 11.6. The quantitative estimate of drug-likeness (QED) is 0.526. The van der Waals surface area contributed by atoms with Gasteiger partial charge in [0.25, 0.3) is 11.6 Å². The number of hydrazone groups is 1. The molecule has 0 bridgehead atoms. The SMILES string of the molecule is Cc1cc(C(=O)N/N=C2\C[C@@H]3C=CC[C@H]23)ccc1[N+](=O)[O-]. The molecule has 1 aromatic carbocycles. The number of nitro benzene ring substituents is 1. The van der Waals surface area contributed by atoms with Crippen molar-refractivity contribution in [3.8, 4) is 0 Å². The Hall–Kier alpha value is -2.50. The number of aryl methyl sites for hydroxylation is 1. The number of nitrogens with zero attached hydrogens (tertiary/aromatic N) is 2. The predicted molar refractivity (Wildman–Crippen MR) is 78.1 cm³/mol. The van der Waals surface area contributed by atoms with E-state index in [4.69, 9.17) is 0 Å². The van der Waals surface area contributed by atoms with Gasteiger partial charge in [-0.05, 0) is 37.8 Å². The first-order chi connectivity index (χ1) is 10.1. The van der Waals surface area contributed by atoms with Crippen molar-refractivity contribution >= 4 is 17.3 Å². The Morgan fingerprint density at radius 3 is 2.95 bits per heavy atom. The average molecular weight is 285 g/mol. The fourth-order valence-electron chi connectivity index (χ4n) is 2.85. The molecule has 1 N–H and O–H groups in total. The Morgan fingerprint density at radius 2 is 2.29 bits per heavy atom. The van der Waals surface area contributed by atoms with Crippen LogP contribution in [0.15, 0.2) is 35.5 Å². The van der Waals surface area contributed by atoms with Gasteiger partial charge in [-0.2, -0.15) is 5.10 Å². The number of hydrogen-bond acceptors (Lipinski definition) is 4. The number of allylic oxidation sites excluding steroid dienone is 2. The number of amides is 1. The minimum absolute atomic E-state index is 0.0109. The van der Waals surface area contributed by atoms with E-state index in [1.54, 1.807) is 6.92 Å². The Morgan fingerprint density at radius 1 is 1.48 bits per heavy atom. The molecule has 1 fully saturated rings. The standard InChI is InChI=1S/C15H15N3O3/c1-9-7-11(5-6-14(9)18(20)21)15(19)17-16-13-8-10-3-2-4-12(10)13/h2-3,5-7,10,12H,4,8H2,1H3,(H,17,19)/b16-13+/t10-,12-/m0/s1. The normalized spacial score (nSPS) is 24.5. The van der Waals surface area contributed by atoms with E-state index in [0.717, 1.165) is 18.6 Å². The molecule has 2 atom stereocenters. The van der Waals surface area contributed by atoms with Gasteiger partial charge in [0.15, 0.2) is 0 Å². The highest BCUT2D eigenvalue weighted by molar-refractivity contribution is 5.98. The number of carbonyl (C=O) groups is 1. The number of hydrogen-bond donors (Lipinski definition) is 1. The number of fused-ring (bicyclic) bond motifs is 1. The third-order valence-electron chi connectivity index (χ3n) is 4.12. The second-order valence-electron chi connectivity index (χ2n) is 5.44. The summed E-state index contributed by atoms with van der Waals surface area (Å²) in [4.78, 5) is 22.3. The molecule has 0 aliphatic heterocycles. The van der Waals surface area contributed by atoms with Crippen molar-refractivity contribution in [3.05, 3.63) is 51.6 Å². The zero-order chi connectivity index (χ0) is 15.0. The average Bonchev–Trinajstić information content (AvgIpc) is 2.79. The molecule has 21 heavy (non-hydrogen) atoms. The van der Waals surface area contributed by atoms with Crippen molar-refractivity contribution in [2.24, 2.45) is 16.9 Å². The van der Waals surface area contributed by atoms with Crippen molar-refractivity contribution in [2.45, 2.75) is 19.8 Å². The Labute approximate surface area is 121 Å². The second-order valence-corrected chi connectivity index (χ2v) is 5.44. The van der Waals surface area contributed by atoms with E-state index in [1.807, 2.05) is 0 Å². The molecular formula is C15H15N3O3. The Kier molecular flexibility index (Phi) is 3.29. The fourth-order valence-corrected chi connectivity index (χ4v) is 2.85. The Balaban J connectivity index is 1.67. The molecule has 0 radical (unpaired) electrons. The van der Waals surface area contributed by atoms with Gasteiger partial charge in [-0.25, -0.2) is 5.43 Å². The van der Waals surface area contributed by atoms with E-state index in [-0.39, 0.29) is 11.6 Å². The van der Waals surface area contributed by atoms with E-state index in [9.17, 15) is 14.9 Å². The molecule has 108 valence electrons. The van der Waals surface area contributed by atoms with Crippen LogP contribution in [0.2, 0.25) is 0 Å². The summed E-state index contributed by atoms with van der Waals surface area (Å²) in [5.41, 5.74) is 4.42. The third-order valence-corrected chi connectivity index (χ3v) is 4.12. The van der Waals surface area contributed by atoms with Gasteiger partial charge in [0.1, 0.15) is 0 Å². The molecule has 6 heteroatoms. The van der Waals surface area contributed by atoms with Gasteiger partial charge < -0.3 is 0 Å². The first-order valence-corrected chi connectivity index (χ1v) is 6.85. The summed E-state index contributed by atoms with van der Waals surface area (Å²) in [6.45, 7) is 1.61. The van der Waals surface area contributed by atoms with Gasteiger partial charge in [0.05, 0.1) is 4.92 Å². The maximum atomic E-state index is 12.0. The molecule has 3 rings (SSSR count). The summed E-state index contributed by atoms with van der Waals surface area (Å²) >= 11 is 0. The first-order valence-electron chi connectivity index (χ1n) is 6.85. The van der Waals surface area contributed by atoms with Crippen LogP contribution in [0.5, 0.6) is 0 Å². The van der Waals surface area contributed by atoms with Gasteiger partial charge >= 0.3 is 0 Å². The summed E-state index contributed by atoms with van der Waals surface area (Å²) in [7, 11) is 0. The number of carbonyl (C=O) groups excluding carboxylic acids is 1. The van der Waals surface area contributed by atoms with Crippen molar-refractivity contribution < 1.29 is 9.72 Å². The molecule has 2 aliphatic rings. The van der Waals surface area contributed by atoms with E-state index in [2.05, 4.69) is 22.7 Å². The minimum Gasteiger partial charge on any atom is -0.267 e. The summed E-state index contributed by atoms with van der Waals surface area (Å²) < 4.78 is 0. The summed E-state index contributed by atoms with van der Waals surface area (Å²) in [5.74, 6) is 0.695. The minimum atomic E-state index is -0.459. The molecule has 1 aromatic rings. The number of benzene rings is 1. The lowest BCUT2D eigenvalue weighted by molar-refractivity contribution is -0.385. The molecule has 0 unspecified atom stereocenters. The molecule has 0 spiro atoms. The molecule has 1 amide bonds. The van der Waals surface area contributed by atoms with E-state index < -0.39 is 4.92 Å². The molecule has 0 heterocycles. The van der Waals surface area contributed by atoms with Gasteiger partial charge in [-0.15, -0.1) is 0 Å². The van der Waals surface area contributed by atoms with E-state index in [1.165, 1.54) is 18.2 Å². The van der Waals surface area contributed by atoms with Crippen molar-refractivity contribution in [1.29, 1.82) is 0 Å². The van der Waals surface area contributed by atoms with Crippen molar-refractivity contribution in [1.82, 2.24) is 5.43 Å². The second kappa shape index (κ2) is 5.12. The van der Waals surface area contributed by atoms with Gasteiger partial charge in [-0.3, -0.25) is 14.9 Å². The highest BCUT2D eigenvalue weighted by atomic mass is 16.6. The lowest BCUT2D eigenvalue weighted by Gasteiger charge is -2.31. The highest BCUT2D eigenvalue weighted by Crippen LogP contribution is 2.40. The van der Waals surface area contributed by atoms with Gasteiger partial charge in [0.2, 0.25) is 0 Å². The lowest BCUT2D eigenvalue weighted by atomic mass is 9.74.